The fourth-order valence-electron chi connectivity index (χ4n) is 2.56. The van der Waals surface area contributed by atoms with Crippen LogP contribution in [0.4, 0.5) is 10.1 Å². The number of hydrogen-bond donors (Lipinski definition) is 1. The standard InChI is InChI=1S/C16H25FN2S/c1-12(2)9-18-10-14-15(17)5-4-6-16(14)19(3)13-7-8-20-11-13/h4-6,12-13,18H,7-11H2,1-3H3. The van der Waals surface area contributed by atoms with Crippen LogP contribution in [0.1, 0.15) is 25.8 Å². The van der Waals surface area contributed by atoms with Crippen molar-refractivity contribution in [3.05, 3.63) is 29.6 Å². The molecule has 0 saturated carbocycles. The van der Waals surface area contributed by atoms with Crippen LogP contribution < -0.4 is 10.2 Å². The molecule has 0 amide bonds. The van der Waals surface area contributed by atoms with Gasteiger partial charge in [-0.1, -0.05) is 19.9 Å². The highest BCUT2D eigenvalue weighted by atomic mass is 32.2. The SMILES string of the molecule is CC(C)CNCc1c(F)cccc1N(C)C1CCSC1. The molecule has 0 radical (unpaired) electrons. The highest BCUT2D eigenvalue weighted by molar-refractivity contribution is 7.99. The third kappa shape index (κ3) is 3.89. The van der Waals surface area contributed by atoms with Gasteiger partial charge in [0.05, 0.1) is 0 Å². The molecule has 1 aliphatic rings. The second-order valence-electron chi connectivity index (χ2n) is 5.89. The first-order chi connectivity index (χ1) is 9.59. The predicted octanol–water partition coefficient (Wildman–Crippen LogP) is 3.51. The average molecular weight is 296 g/mol. The van der Waals surface area contributed by atoms with E-state index < -0.39 is 0 Å². The number of anilines is 1. The fourth-order valence-corrected chi connectivity index (χ4v) is 3.83. The van der Waals surface area contributed by atoms with Crippen LogP contribution in [0.2, 0.25) is 0 Å². The summed E-state index contributed by atoms with van der Waals surface area (Å²) in [5, 5.41) is 3.36. The maximum Gasteiger partial charge on any atom is 0.129 e. The summed E-state index contributed by atoms with van der Waals surface area (Å²) in [7, 11) is 2.09. The van der Waals surface area contributed by atoms with E-state index in [4.69, 9.17) is 0 Å². The third-order valence-electron chi connectivity index (χ3n) is 3.78. The summed E-state index contributed by atoms with van der Waals surface area (Å²) in [4.78, 5) is 2.26. The summed E-state index contributed by atoms with van der Waals surface area (Å²) < 4.78 is 14.1. The highest BCUT2D eigenvalue weighted by Crippen LogP contribution is 2.29. The Balaban J connectivity index is 2.12. The van der Waals surface area contributed by atoms with Gasteiger partial charge < -0.3 is 10.2 Å². The summed E-state index contributed by atoms with van der Waals surface area (Å²) in [6.45, 7) is 5.84. The molecule has 1 saturated heterocycles. The minimum atomic E-state index is -0.101. The Morgan fingerprint density at radius 3 is 2.90 bits per heavy atom. The number of rotatable bonds is 6. The quantitative estimate of drug-likeness (QED) is 0.865. The molecule has 1 heterocycles. The van der Waals surface area contributed by atoms with Crippen LogP contribution in [0, 0.1) is 11.7 Å². The lowest BCUT2D eigenvalue weighted by Crippen LogP contribution is -2.33. The highest BCUT2D eigenvalue weighted by Gasteiger charge is 2.22. The van der Waals surface area contributed by atoms with Crippen molar-refractivity contribution in [1.29, 1.82) is 0 Å². The molecule has 0 spiro atoms. The van der Waals surface area contributed by atoms with Gasteiger partial charge in [0.15, 0.2) is 0 Å². The molecular weight excluding hydrogens is 271 g/mol. The summed E-state index contributed by atoms with van der Waals surface area (Å²) >= 11 is 1.99. The van der Waals surface area contributed by atoms with Crippen LogP contribution in [-0.2, 0) is 6.54 Å². The molecule has 2 nitrogen and oxygen atoms in total. The first kappa shape index (κ1) is 15.6. The molecule has 1 atom stereocenters. The van der Waals surface area contributed by atoms with Gasteiger partial charge in [0, 0.05) is 36.6 Å². The molecule has 1 aromatic carbocycles. The van der Waals surface area contributed by atoms with E-state index in [1.165, 1.54) is 12.2 Å². The average Bonchev–Trinajstić information content (AvgIpc) is 2.93. The van der Waals surface area contributed by atoms with E-state index in [9.17, 15) is 4.39 Å². The van der Waals surface area contributed by atoms with E-state index in [1.807, 2.05) is 23.9 Å². The van der Waals surface area contributed by atoms with Crippen molar-refractivity contribution in [2.45, 2.75) is 32.9 Å². The summed E-state index contributed by atoms with van der Waals surface area (Å²) in [5.41, 5.74) is 1.83. The summed E-state index contributed by atoms with van der Waals surface area (Å²) in [6.07, 6.45) is 1.19. The Hall–Kier alpha value is -0.740. The van der Waals surface area contributed by atoms with Gasteiger partial charge in [0.25, 0.3) is 0 Å². The number of benzene rings is 1. The molecular formula is C16H25FN2S. The number of nitrogens with one attached hydrogen (secondary N) is 1. The molecule has 20 heavy (non-hydrogen) atoms. The molecule has 1 N–H and O–H groups in total. The zero-order chi connectivity index (χ0) is 14.5. The molecule has 112 valence electrons. The van der Waals surface area contributed by atoms with Gasteiger partial charge in [0.2, 0.25) is 0 Å². The van der Waals surface area contributed by atoms with Crippen LogP contribution in [0.15, 0.2) is 18.2 Å². The molecule has 1 unspecified atom stereocenters. The van der Waals surface area contributed by atoms with E-state index >= 15 is 0 Å². The molecule has 0 aliphatic carbocycles. The molecule has 0 bridgehead atoms. The number of nitrogens with zero attached hydrogens (tertiary/aromatic N) is 1. The smallest absolute Gasteiger partial charge is 0.129 e. The Kier molecular flexibility index (Phi) is 5.73. The first-order valence-corrected chi connectivity index (χ1v) is 8.53. The van der Waals surface area contributed by atoms with Gasteiger partial charge in [0.1, 0.15) is 5.82 Å². The Bertz CT molecular complexity index is 430. The molecule has 4 heteroatoms. The lowest BCUT2D eigenvalue weighted by atomic mass is 10.1. The number of halogens is 1. The van der Waals surface area contributed by atoms with Gasteiger partial charge in [-0.25, -0.2) is 4.39 Å². The largest absolute Gasteiger partial charge is 0.370 e. The second kappa shape index (κ2) is 7.32. The molecule has 1 aliphatic heterocycles. The van der Waals surface area contributed by atoms with Crippen molar-refractivity contribution in [3.63, 3.8) is 0 Å². The lowest BCUT2D eigenvalue weighted by Gasteiger charge is -2.28. The Labute approximate surface area is 126 Å². The van der Waals surface area contributed by atoms with Crippen molar-refractivity contribution in [3.8, 4) is 0 Å². The van der Waals surface area contributed by atoms with Crippen LogP contribution >= 0.6 is 11.8 Å². The molecule has 0 aromatic heterocycles. The van der Waals surface area contributed by atoms with Gasteiger partial charge in [-0.15, -0.1) is 0 Å². The van der Waals surface area contributed by atoms with E-state index in [0.717, 1.165) is 23.5 Å². The van der Waals surface area contributed by atoms with E-state index in [0.29, 0.717) is 18.5 Å². The normalized spacial score (nSPS) is 18.8. The van der Waals surface area contributed by atoms with Gasteiger partial charge in [-0.2, -0.15) is 11.8 Å². The molecule has 1 fully saturated rings. The Morgan fingerprint density at radius 1 is 1.45 bits per heavy atom. The molecule has 2 rings (SSSR count). The maximum absolute atomic E-state index is 14.1. The Morgan fingerprint density at radius 2 is 2.25 bits per heavy atom. The maximum atomic E-state index is 14.1. The number of thioether (sulfide) groups is 1. The van der Waals surface area contributed by atoms with E-state index in [1.54, 1.807) is 6.07 Å². The van der Waals surface area contributed by atoms with Crippen LogP contribution in [0.25, 0.3) is 0 Å². The van der Waals surface area contributed by atoms with Crippen molar-refractivity contribution in [1.82, 2.24) is 5.32 Å². The fraction of sp³-hybridized carbons (Fsp3) is 0.625. The van der Waals surface area contributed by atoms with Crippen molar-refractivity contribution < 1.29 is 4.39 Å². The van der Waals surface area contributed by atoms with Crippen LogP contribution in [0.5, 0.6) is 0 Å². The molecule has 1 aromatic rings. The van der Waals surface area contributed by atoms with Crippen LogP contribution in [0.3, 0.4) is 0 Å². The zero-order valence-corrected chi connectivity index (χ0v) is 13.5. The zero-order valence-electron chi connectivity index (χ0n) is 12.7. The van der Waals surface area contributed by atoms with Crippen molar-refractivity contribution in [2.75, 3.05) is 30.0 Å². The van der Waals surface area contributed by atoms with Crippen molar-refractivity contribution >= 4 is 17.4 Å². The van der Waals surface area contributed by atoms with Gasteiger partial charge in [-0.3, -0.25) is 0 Å². The third-order valence-corrected chi connectivity index (χ3v) is 4.93. The second-order valence-corrected chi connectivity index (χ2v) is 7.04. The number of hydrogen-bond acceptors (Lipinski definition) is 3. The van der Waals surface area contributed by atoms with Gasteiger partial charge in [-0.05, 0) is 36.8 Å². The van der Waals surface area contributed by atoms with Gasteiger partial charge >= 0.3 is 0 Å². The topological polar surface area (TPSA) is 15.3 Å². The van der Waals surface area contributed by atoms with Crippen LogP contribution in [-0.4, -0.2) is 31.1 Å². The first-order valence-electron chi connectivity index (χ1n) is 7.38. The monoisotopic (exact) mass is 296 g/mol. The summed E-state index contributed by atoms with van der Waals surface area (Å²) in [6, 6.07) is 5.95. The lowest BCUT2D eigenvalue weighted by molar-refractivity contribution is 0.533. The van der Waals surface area contributed by atoms with E-state index in [-0.39, 0.29) is 5.82 Å². The van der Waals surface area contributed by atoms with Crippen molar-refractivity contribution in [2.24, 2.45) is 5.92 Å². The minimum Gasteiger partial charge on any atom is -0.370 e. The predicted molar refractivity (Wildman–Crippen MR) is 87.1 cm³/mol. The minimum absolute atomic E-state index is 0.101. The summed E-state index contributed by atoms with van der Waals surface area (Å²) in [5.74, 6) is 2.84. The van der Waals surface area contributed by atoms with E-state index in [2.05, 4.69) is 31.1 Å².